The van der Waals surface area contributed by atoms with Gasteiger partial charge in [0, 0.05) is 18.2 Å². The summed E-state index contributed by atoms with van der Waals surface area (Å²) in [6.07, 6.45) is 3.26. The van der Waals surface area contributed by atoms with Crippen LogP contribution in [0.4, 0.5) is 0 Å². The van der Waals surface area contributed by atoms with Gasteiger partial charge in [0.1, 0.15) is 23.4 Å². The van der Waals surface area contributed by atoms with Crippen molar-refractivity contribution in [2.45, 2.75) is 38.3 Å². The predicted octanol–water partition coefficient (Wildman–Crippen LogP) is 1.93. The molecule has 4 nitrogen and oxygen atoms in total. The number of aliphatic hydroxyl groups excluding tert-OH is 1. The zero-order valence-electron chi connectivity index (χ0n) is 12.5. The monoisotopic (exact) mass is 308 g/mol. The fraction of sp³-hybridized carbons (Fsp3) is 0.562. The molecule has 116 valence electrons. The number of thiocarbonyl (C=S) groups is 1. The van der Waals surface area contributed by atoms with Crippen LogP contribution < -0.4 is 10.5 Å². The van der Waals surface area contributed by atoms with Crippen molar-refractivity contribution in [3.63, 3.8) is 0 Å². The number of ether oxygens (including phenoxy) is 1. The Morgan fingerprint density at radius 3 is 2.76 bits per heavy atom. The summed E-state index contributed by atoms with van der Waals surface area (Å²) in [6, 6.07) is 7.86. The lowest BCUT2D eigenvalue weighted by atomic mass is 10.0. The van der Waals surface area contributed by atoms with Crippen molar-refractivity contribution in [2.24, 2.45) is 5.73 Å². The maximum Gasteiger partial charge on any atom is 0.119 e. The molecule has 1 fully saturated rings. The average molecular weight is 308 g/mol. The van der Waals surface area contributed by atoms with Crippen molar-refractivity contribution in [1.29, 1.82) is 0 Å². The number of aliphatic hydroxyl groups is 1. The van der Waals surface area contributed by atoms with Gasteiger partial charge in [-0.2, -0.15) is 0 Å². The van der Waals surface area contributed by atoms with Crippen LogP contribution in [-0.2, 0) is 0 Å². The molecule has 0 aromatic heterocycles. The highest BCUT2D eigenvalue weighted by Gasteiger charge is 2.20. The van der Waals surface area contributed by atoms with Crippen molar-refractivity contribution in [3.8, 4) is 5.75 Å². The molecule has 0 bridgehead atoms. The number of β-amino-alcohol motifs (C(OH)–C–C–N with tert-alkyl or cyclic N) is 1. The van der Waals surface area contributed by atoms with E-state index in [1.54, 1.807) is 0 Å². The standard InChI is InChI=1S/C16H24N2O2S/c1-12-4-2-3-9-18(12)10-14(19)11-20-15-7-5-13(6-8-15)16(17)21/h5-8,12,14,19H,2-4,9-11H2,1H3,(H2,17,21). The molecule has 1 heterocycles. The average Bonchev–Trinajstić information content (AvgIpc) is 2.48. The van der Waals surface area contributed by atoms with E-state index < -0.39 is 6.10 Å². The van der Waals surface area contributed by atoms with Gasteiger partial charge in [-0.15, -0.1) is 0 Å². The summed E-state index contributed by atoms with van der Waals surface area (Å²) in [5.41, 5.74) is 6.37. The van der Waals surface area contributed by atoms with Crippen LogP contribution in [0.25, 0.3) is 0 Å². The van der Waals surface area contributed by atoms with Gasteiger partial charge in [-0.25, -0.2) is 0 Å². The number of hydrogen-bond donors (Lipinski definition) is 2. The number of nitrogens with zero attached hydrogens (tertiary/aromatic N) is 1. The normalized spacial score (nSPS) is 21.0. The fourth-order valence-electron chi connectivity index (χ4n) is 2.66. The highest BCUT2D eigenvalue weighted by atomic mass is 32.1. The highest BCUT2D eigenvalue weighted by Crippen LogP contribution is 2.17. The largest absolute Gasteiger partial charge is 0.491 e. The van der Waals surface area contributed by atoms with Gasteiger partial charge in [0.2, 0.25) is 0 Å². The lowest BCUT2D eigenvalue weighted by Gasteiger charge is -2.34. The molecular formula is C16H24N2O2S. The molecule has 1 aliphatic rings. The molecule has 1 aromatic rings. The minimum Gasteiger partial charge on any atom is -0.491 e. The van der Waals surface area contributed by atoms with Gasteiger partial charge in [-0.05, 0) is 50.6 Å². The van der Waals surface area contributed by atoms with Gasteiger partial charge < -0.3 is 15.6 Å². The first-order valence-corrected chi connectivity index (χ1v) is 7.92. The molecule has 0 saturated carbocycles. The molecule has 2 unspecified atom stereocenters. The van der Waals surface area contributed by atoms with Crippen LogP contribution in [0.3, 0.4) is 0 Å². The van der Waals surface area contributed by atoms with Crippen LogP contribution in [0.1, 0.15) is 31.7 Å². The molecule has 1 aliphatic heterocycles. The SMILES string of the molecule is CC1CCCCN1CC(O)COc1ccc(C(N)=S)cc1. The molecule has 21 heavy (non-hydrogen) atoms. The van der Waals surface area contributed by atoms with E-state index >= 15 is 0 Å². The topological polar surface area (TPSA) is 58.7 Å². The van der Waals surface area contributed by atoms with Crippen molar-refractivity contribution in [1.82, 2.24) is 4.90 Å². The maximum atomic E-state index is 10.1. The second-order valence-corrected chi connectivity index (χ2v) is 6.13. The molecule has 1 aromatic carbocycles. The smallest absolute Gasteiger partial charge is 0.119 e. The Morgan fingerprint density at radius 2 is 2.14 bits per heavy atom. The highest BCUT2D eigenvalue weighted by molar-refractivity contribution is 7.80. The predicted molar refractivity (Wildman–Crippen MR) is 88.7 cm³/mol. The summed E-state index contributed by atoms with van der Waals surface area (Å²) in [4.78, 5) is 2.72. The number of rotatable bonds is 6. The van der Waals surface area contributed by atoms with Gasteiger partial charge in [-0.1, -0.05) is 18.6 Å². The van der Waals surface area contributed by atoms with Crippen LogP contribution in [0.15, 0.2) is 24.3 Å². The summed E-state index contributed by atoms with van der Waals surface area (Å²) >= 11 is 4.91. The zero-order valence-corrected chi connectivity index (χ0v) is 13.3. The minimum atomic E-state index is -0.471. The van der Waals surface area contributed by atoms with E-state index in [4.69, 9.17) is 22.7 Å². The Kier molecular flexibility index (Phi) is 5.96. The second-order valence-electron chi connectivity index (χ2n) is 5.69. The zero-order chi connectivity index (χ0) is 15.2. The quantitative estimate of drug-likeness (QED) is 0.787. The number of likely N-dealkylation sites (tertiary alicyclic amines) is 1. The van der Waals surface area contributed by atoms with E-state index in [1.165, 1.54) is 19.3 Å². The Labute approximate surface area is 131 Å². The molecule has 0 spiro atoms. The van der Waals surface area contributed by atoms with Gasteiger partial charge in [0.25, 0.3) is 0 Å². The van der Waals surface area contributed by atoms with Gasteiger partial charge >= 0.3 is 0 Å². The number of nitrogens with two attached hydrogens (primary N) is 1. The molecule has 0 amide bonds. The Hall–Kier alpha value is -1.17. The Bertz CT molecular complexity index is 464. The van der Waals surface area contributed by atoms with Crippen LogP contribution in [-0.4, -0.2) is 46.8 Å². The summed E-state index contributed by atoms with van der Waals surface area (Å²) in [5.74, 6) is 0.723. The molecule has 5 heteroatoms. The van der Waals surface area contributed by atoms with Crippen LogP contribution in [0.2, 0.25) is 0 Å². The van der Waals surface area contributed by atoms with Crippen LogP contribution >= 0.6 is 12.2 Å². The summed E-state index contributed by atoms with van der Waals surface area (Å²) < 4.78 is 5.62. The third-order valence-electron chi connectivity index (χ3n) is 3.97. The third kappa shape index (κ3) is 4.95. The molecule has 1 saturated heterocycles. The van der Waals surface area contributed by atoms with E-state index in [-0.39, 0.29) is 0 Å². The van der Waals surface area contributed by atoms with Crippen molar-refractivity contribution < 1.29 is 9.84 Å². The fourth-order valence-corrected chi connectivity index (χ4v) is 2.80. The summed E-state index contributed by atoms with van der Waals surface area (Å²) in [5, 5.41) is 10.1. The number of benzene rings is 1. The van der Waals surface area contributed by atoms with Crippen molar-refractivity contribution >= 4 is 17.2 Å². The van der Waals surface area contributed by atoms with Gasteiger partial charge in [-0.3, -0.25) is 4.90 Å². The van der Waals surface area contributed by atoms with Crippen LogP contribution in [0.5, 0.6) is 5.75 Å². The first-order valence-electron chi connectivity index (χ1n) is 7.51. The van der Waals surface area contributed by atoms with Crippen molar-refractivity contribution in [2.75, 3.05) is 19.7 Å². The molecule has 3 N–H and O–H groups in total. The maximum absolute atomic E-state index is 10.1. The molecular weight excluding hydrogens is 284 g/mol. The lowest BCUT2D eigenvalue weighted by Crippen LogP contribution is -2.43. The van der Waals surface area contributed by atoms with Gasteiger partial charge in [0.15, 0.2) is 0 Å². The first-order chi connectivity index (χ1) is 10.1. The second kappa shape index (κ2) is 7.73. The Morgan fingerprint density at radius 1 is 1.43 bits per heavy atom. The van der Waals surface area contributed by atoms with Crippen LogP contribution in [0, 0.1) is 0 Å². The van der Waals surface area contributed by atoms with E-state index in [0.717, 1.165) is 17.9 Å². The first kappa shape index (κ1) is 16.2. The van der Waals surface area contributed by atoms with E-state index in [0.29, 0.717) is 24.2 Å². The molecule has 2 rings (SSSR count). The van der Waals surface area contributed by atoms with E-state index in [9.17, 15) is 5.11 Å². The molecule has 0 aliphatic carbocycles. The summed E-state index contributed by atoms with van der Waals surface area (Å²) in [7, 11) is 0. The van der Waals surface area contributed by atoms with E-state index in [1.807, 2.05) is 24.3 Å². The van der Waals surface area contributed by atoms with Gasteiger partial charge in [0.05, 0.1) is 0 Å². The Balaban J connectivity index is 1.77. The molecule has 2 atom stereocenters. The number of hydrogen-bond acceptors (Lipinski definition) is 4. The van der Waals surface area contributed by atoms with Crippen molar-refractivity contribution in [3.05, 3.63) is 29.8 Å². The molecule has 0 radical (unpaired) electrons. The number of piperidine rings is 1. The summed E-state index contributed by atoms with van der Waals surface area (Å²) in [6.45, 7) is 4.27. The minimum absolute atomic E-state index is 0.301. The van der Waals surface area contributed by atoms with E-state index in [2.05, 4.69) is 11.8 Å². The lowest BCUT2D eigenvalue weighted by molar-refractivity contribution is 0.0438. The third-order valence-corrected chi connectivity index (χ3v) is 4.20.